The Bertz CT molecular complexity index is 3450. The van der Waals surface area contributed by atoms with E-state index in [1.807, 2.05) is 0 Å². The second kappa shape index (κ2) is 12.8. The smallest absolute Gasteiger partial charge is 0.0547 e. The van der Waals surface area contributed by atoms with E-state index < -0.39 is 0 Å². The maximum atomic E-state index is 2.48. The third-order valence-electron chi connectivity index (χ3n) is 12.9. The molecule has 0 amide bonds. The first-order valence-corrected chi connectivity index (χ1v) is 20.6. The van der Waals surface area contributed by atoms with E-state index in [2.05, 4.69) is 229 Å². The SMILES string of the molecule is CC1(C)c2ccccc2-c2ccc(-n3c4ccccc4c4ccc(-c5cc(-c6ccccc6)cc(-c6cccc7c6c6ccccc6n7-c6ccccc6)c5)cc43)cc21. The van der Waals surface area contributed by atoms with Gasteiger partial charge in [-0.05, 0) is 122 Å². The Kier molecular flexibility index (Phi) is 7.31. The quantitative estimate of drug-likeness (QED) is 0.166. The molecule has 0 N–H and O–H groups in total. The molecule has 0 atom stereocenters. The minimum absolute atomic E-state index is 0.0869. The maximum Gasteiger partial charge on any atom is 0.0547 e. The van der Waals surface area contributed by atoms with E-state index in [1.165, 1.54) is 105 Å². The predicted octanol–water partition coefficient (Wildman–Crippen LogP) is 15.2. The molecule has 0 saturated carbocycles. The maximum absolute atomic E-state index is 2.48. The van der Waals surface area contributed by atoms with E-state index in [9.17, 15) is 0 Å². The van der Waals surface area contributed by atoms with Gasteiger partial charge in [-0.1, -0.05) is 153 Å². The van der Waals surface area contributed by atoms with Crippen LogP contribution >= 0.6 is 0 Å². The van der Waals surface area contributed by atoms with Crippen LogP contribution in [0.5, 0.6) is 0 Å². The van der Waals surface area contributed by atoms with Gasteiger partial charge in [0.25, 0.3) is 0 Å². The van der Waals surface area contributed by atoms with E-state index in [4.69, 9.17) is 0 Å². The highest BCUT2D eigenvalue weighted by Crippen LogP contribution is 2.50. The Morgan fingerprint density at radius 1 is 0.305 bits per heavy atom. The summed E-state index contributed by atoms with van der Waals surface area (Å²) in [6.45, 7) is 4.73. The largest absolute Gasteiger partial charge is 0.309 e. The summed E-state index contributed by atoms with van der Waals surface area (Å²) in [5.74, 6) is 0. The van der Waals surface area contributed by atoms with Gasteiger partial charge in [0.15, 0.2) is 0 Å². The van der Waals surface area contributed by atoms with Crippen molar-refractivity contribution in [2.75, 3.05) is 0 Å². The summed E-state index contributed by atoms with van der Waals surface area (Å²) in [6, 6.07) is 76.2. The van der Waals surface area contributed by atoms with Crippen LogP contribution in [0, 0.1) is 0 Å². The number of hydrogen-bond acceptors (Lipinski definition) is 0. The van der Waals surface area contributed by atoms with Gasteiger partial charge in [0.1, 0.15) is 0 Å². The number of nitrogens with zero attached hydrogens (tertiary/aromatic N) is 2. The molecule has 0 fully saturated rings. The third-order valence-corrected chi connectivity index (χ3v) is 12.9. The van der Waals surface area contributed by atoms with Crippen LogP contribution in [-0.2, 0) is 5.41 Å². The lowest BCUT2D eigenvalue weighted by Gasteiger charge is -2.22. The molecule has 1 aliphatic rings. The van der Waals surface area contributed by atoms with Crippen LogP contribution in [-0.4, -0.2) is 9.13 Å². The van der Waals surface area contributed by atoms with Crippen molar-refractivity contribution in [3.05, 3.63) is 217 Å². The number of fused-ring (bicyclic) bond motifs is 9. The Morgan fingerprint density at radius 2 is 0.881 bits per heavy atom. The fraction of sp³-hybridized carbons (Fsp3) is 0.0526. The van der Waals surface area contributed by atoms with E-state index in [0.29, 0.717) is 0 Å². The normalized spacial score (nSPS) is 13.1. The van der Waals surface area contributed by atoms with Crippen molar-refractivity contribution in [1.82, 2.24) is 9.13 Å². The first-order valence-electron chi connectivity index (χ1n) is 20.6. The van der Waals surface area contributed by atoms with Crippen LogP contribution in [0.2, 0.25) is 0 Å². The first kappa shape index (κ1) is 33.7. The average Bonchev–Trinajstić information content (AvgIpc) is 3.89. The van der Waals surface area contributed by atoms with Crippen molar-refractivity contribution in [3.8, 4) is 55.9 Å². The Labute approximate surface area is 343 Å². The molecule has 1 aliphatic carbocycles. The summed E-state index contributed by atoms with van der Waals surface area (Å²) < 4.78 is 4.89. The Morgan fingerprint density at radius 3 is 1.69 bits per heavy atom. The lowest BCUT2D eigenvalue weighted by Crippen LogP contribution is -2.15. The zero-order chi connectivity index (χ0) is 39.2. The van der Waals surface area contributed by atoms with Gasteiger partial charge < -0.3 is 9.13 Å². The molecule has 0 aliphatic heterocycles. The monoisotopic (exact) mass is 752 g/mol. The van der Waals surface area contributed by atoms with Gasteiger partial charge in [0, 0.05) is 38.3 Å². The van der Waals surface area contributed by atoms with Crippen molar-refractivity contribution >= 4 is 43.6 Å². The molecule has 12 rings (SSSR count). The van der Waals surface area contributed by atoms with Gasteiger partial charge in [-0.25, -0.2) is 0 Å². The van der Waals surface area contributed by atoms with Gasteiger partial charge >= 0.3 is 0 Å². The molecular formula is C57H40N2. The first-order chi connectivity index (χ1) is 29.0. The second-order valence-corrected chi connectivity index (χ2v) is 16.5. The van der Waals surface area contributed by atoms with E-state index >= 15 is 0 Å². The van der Waals surface area contributed by atoms with Gasteiger partial charge in [-0.2, -0.15) is 0 Å². The van der Waals surface area contributed by atoms with Crippen molar-refractivity contribution in [1.29, 1.82) is 0 Å². The van der Waals surface area contributed by atoms with Gasteiger partial charge in [0.2, 0.25) is 0 Å². The highest BCUT2D eigenvalue weighted by atomic mass is 15.0. The molecule has 2 nitrogen and oxygen atoms in total. The summed E-state index contributed by atoms with van der Waals surface area (Å²) in [5, 5.41) is 5.03. The summed E-state index contributed by atoms with van der Waals surface area (Å²) in [7, 11) is 0. The molecule has 59 heavy (non-hydrogen) atoms. The number of para-hydroxylation sites is 3. The molecule has 0 spiro atoms. The van der Waals surface area contributed by atoms with Crippen LogP contribution < -0.4 is 0 Å². The second-order valence-electron chi connectivity index (χ2n) is 16.5. The van der Waals surface area contributed by atoms with E-state index in [0.717, 1.165) is 5.69 Å². The number of rotatable bonds is 5. The molecule has 11 aromatic rings. The number of benzene rings is 9. The van der Waals surface area contributed by atoms with Crippen LogP contribution in [0.4, 0.5) is 0 Å². The minimum Gasteiger partial charge on any atom is -0.309 e. The minimum atomic E-state index is -0.0869. The fourth-order valence-electron chi connectivity index (χ4n) is 10.1. The molecule has 0 bridgehead atoms. The molecule has 2 heteroatoms. The van der Waals surface area contributed by atoms with Crippen molar-refractivity contribution in [2.45, 2.75) is 19.3 Å². The van der Waals surface area contributed by atoms with Crippen molar-refractivity contribution < 1.29 is 0 Å². The molecular weight excluding hydrogens is 713 g/mol. The topological polar surface area (TPSA) is 9.86 Å². The van der Waals surface area contributed by atoms with Gasteiger partial charge in [-0.15, -0.1) is 0 Å². The molecule has 0 saturated heterocycles. The average molecular weight is 753 g/mol. The van der Waals surface area contributed by atoms with Gasteiger partial charge in [-0.3, -0.25) is 0 Å². The fourth-order valence-corrected chi connectivity index (χ4v) is 10.1. The summed E-state index contributed by atoms with van der Waals surface area (Å²) >= 11 is 0. The lowest BCUT2D eigenvalue weighted by atomic mass is 9.82. The molecule has 2 aromatic heterocycles. The van der Waals surface area contributed by atoms with Gasteiger partial charge in [0.05, 0.1) is 22.1 Å². The third kappa shape index (κ3) is 5.06. The molecule has 0 radical (unpaired) electrons. The van der Waals surface area contributed by atoms with Crippen molar-refractivity contribution in [3.63, 3.8) is 0 Å². The highest BCUT2D eigenvalue weighted by molar-refractivity contribution is 6.16. The number of aromatic nitrogens is 2. The van der Waals surface area contributed by atoms with Crippen LogP contribution in [0.15, 0.2) is 206 Å². The molecule has 9 aromatic carbocycles. The summed E-state index contributed by atoms with van der Waals surface area (Å²) in [4.78, 5) is 0. The summed E-state index contributed by atoms with van der Waals surface area (Å²) in [6.07, 6.45) is 0. The Hall–Kier alpha value is -7.42. The molecule has 2 heterocycles. The predicted molar refractivity (Wildman–Crippen MR) is 249 cm³/mol. The summed E-state index contributed by atoms with van der Waals surface area (Å²) in [5.41, 5.74) is 19.7. The zero-order valence-electron chi connectivity index (χ0n) is 33.0. The van der Waals surface area contributed by atoms with Crippen LogP contribution in [0.25, 0.3) is 99.5 Å². The number of hydrogen-bond donors (Lipinski definition) is 0. The van der Waals surface area contributed by atoms with Crippen molar-refractivity contribution in [2.24, 2.45) is 0 Å². The molecule has 0 unspecified atom stereocenters. The Balaban J connectivity index is 1.09. The highest BCUT2D eigenvalue weighted by Gasteiger charge is 2.35. The van der Waals surface area contributed by atoms with E-state index in [-0.39, 0.29) is 5.41 Å². The molecule has 278 valence electrons. The standard InChI is InChI=1S/C57H40N2/c1-57(2)50-24-12-9-20-45(50)46-31-29-43(36-51(46)57)59-52-25-13-10-21-47(52)48-30-28-38(35-55(48)59)40-32-39(37-16-5-3-6-17-37)33-41(34-40)44-23-15-27-54-56(44)49-22-11-14-26-53(49)58(54)42-18-7-4-8-19-42/h3-36H,1-2H3. The lowest BCUT2D eigenvalue weighted by molar-refractivity contribution is 0.660. The van der Waals surface area contributed by atoms with E-state index in [1.54, 1.807) is 0 Å². The zero-order valence-corrected chi connectivity index (χ0v) is 33.0. The van der Waals surface area contributed by atoms with Crippen LogP contribution in [0.3, 0.4) is 0 Å². The van der Waals surface area contributed by atoms with Crippen LogP contribution in [0.1, 0.15) is 25.0 Å².